The van der Waals surface area contributed by atoms with Crippen molar-refractivity contribution >= 4 is 23.4 Å². The molecule has 2 atom stereocenters. The topological polar surface area (TPSA) is 3.24 Å². The molecule has 2 rings (SSSR count). The predicted molar refractivity (Wildman–Crippen MR) is 60.8 cm³/mol. The largest absolute Gasteiger partial charge is 0.297 e. The molecule has 3 heteroatoms. The van der Waals surface area contributed by atoms with Crippen molar-refractivity contribution in [3.05, 3.63) is 0 Å². The van der Waals surface area contributed by atoms with Crippen LogP contribution in [-0.2, 0) is 0 Å². The average molecular weight is 220 g/mol. The Morgan fingerprint density at radius 3 is 2.46 bits per heavy atom. The number of hydrogen-bond acceptors (Lipinski definition) is 2. The van der Waals surface area contributed by atoms with E-state index >= 15 is 0 Å². The zero-order chi connectivity index (χ0) is 9.26. The van der Waals surface area contributed by atoms with Gasteiger partial charge in [0.2, 0.25) is 0 Å². The lowest BCUT2D eigenvalue weighted by molar-refractivity contribution is 0.153. The molecule has 76 valence electrons. The first-order chi connectivity index (χ1) is 6.31. The van der Waals surface area contributed by atoms with Crippen molar-refractivity contribution in [1.29, 1.82) is 0 Å². The first-order valence-electron chi connectivity index (χ1n) is 5.20. The fraction of sp³-hybridized carbons (Fsp3) is 1.00. The van der Waals surface area contributed by atoms with Crippen LogP contribution < -0.4 is 0 Å². The smallest absolute Gasteiger partial charge is 0.0365 e. The second-order valence-electron chi connectivity index (χ2n) is 4.18. The Balaban J connectivity index is 1.90. The van der Waals surface area contributed by atoms with E-state index in [1.165, 1.54) is 38.0 Å². The third kappa shape index (κ3) is 2.16. The molecule has 2 heterocycles. The van der Waals surface area contributed by atoms with Crippen molar-refractivity contribution in [2.75, 3.05) is 18.6 Å². The van der Waals surface area contributed by atoms with E-state index in [2.05, 4.69) is 11.2 Å². The standard InChI is InChI=1S/C10H18ClNS/c1-13-5-4-12-9-2-3-10(12)7-8(11)6-9/h8-10H,2-7H2,1H3. The van der Waals surface area contributed by atoms with E-state index in [0.29, 0.717) is 5.38 Å². The maximum absolute atomic E-state index is 6.21. The number of hydrogen-bond donors (Lipinski definition) is 0. The molecular formula is C10H18ClNS. The highest BCUT2D eigenvalue weighted by atomic mass is 35.5. The van der Waals surface area contributed by atoms with Gasteiger partial charge in [-0.05, 0) is 31.9 Å². The minimum atomic E-state index is 0.461. The van der Waals surface area contributed by atoms with Gasteiger partial charge in [-0.25, -0.2) is 0 Å². The lowest BCUT2D eigenvalue weighted by Crippen LogP contribution is -2.44. The van der Waals surface area contributed by atoms with E-state index < -0.39 is 0 Å². The summed E-state index contributed by atoms with van der Waals surface area (Å²) < 4.78 is 0. The van der Waals surface area contributed by atoms with Crippen LogP contribution in [-0.4, -0.2) is 40.9 Å². The number of alkyl halides is 1. The molecule has 13 heavy (non-hydrogen) atoms. The number of piperidine rings is 1. The highest BCUT2D eigenvalue weighted by Crippen LogP contribution is 2.37. The SMILES string of the molecule is CSCCN1C2CCC1CC(Cl)C2. The molecule has 2 unspecified atom stereocenters. The van der Waals surface area contributed by atoms with Crippen LogP contribution in [0, 0.1) is 0 Å². The third-order valence-corrected chi connectivity index (χ3v) is 4.33. The molecule has 0 aromatic heterocycles. The van der Waals surface area contributed by atoms with Crippen LogP contribution in [0.1, 0.15) is 25.7 Å². The van der Waals surface area contributed by atoms with Gasteiger partial charge in [0.1, 0.15) is 0 Å². The molecule has 0 amide bonds. The fourth-order valence-electron chi connectivity index (χ4n) is 2.77. The summed E-state index contributed by atoms with van der Waals surface area (Å²) in [6.45, 7) is 1.28. The van der Waals surface area contributed by atoms with Gasteiger partial charge in [0.15, 0.2) is 0 Å². The number of fused-ring (bicyclic) bond motifs is 2. The predicted octanol–water partition coefficient (Wildman–Crippen LogP) is 2.58. The highest BCUT2D eigenvalue weighted by Gasteiger charge is 2.39. The van der Waals surface area contributed by atoms with Gasteiger partial charge in [-0.3, -0.25) is 4.90 Å². The number of rotatable bonds is 3. The highest BCUT2D eigenvalue weighted by molar-refractivity contribution is 7.98. The molecular weight excluding hydrogens is 202 g/mol. The van der Waals surface area contributed by atoms with Crippen molar-refractivity contribution in [2.45, 2.75) is 43.1 Å². The van der Waals surface area contributed by atoms with Crippen LogP contribution in [0.15, 0.2) is 0 Å². The van der Waals surface area contributed by atoms with Gasteiger partial charge < -0.3 is 0 Å². The van der Waals surface area contributed by atoms with Gasteiger partial charge in [-0.15, -0.1) is 11.6 Å². The zero-order valence-electron chi connectivity index (χ0n) is 8.21. The normalized spacial score (nSPS) is 39.7. The van der Waals surface area contributed by atoms with E-state index in [1.54, 1.807) is 0 Å². The summed E-state index contributed by atoms with van der Waals surface area (Å²) in [6, 6.07) is 1.63. The Hall–Kier alpha value is 0.600. The van der Waals surface area contributed by atoms with Crippen LogP contribution in [0.3, 0.4) is 0 Å². The van der Waals surface area contributed by atoms with Crippen LogP contribution in [0.25, 0.3) is 0 Å². The summed E-state index contributed by atoms with van der Waals surface area (Å²) in [4.78, 5) is 2.70. The summed E-state index contributed by atoms with van der Waals surface area (Å²) in [5.74, 6) is 1.28. The summed E-state index contributed by atoms with van der Waals surface area (Å²) >= 11 is 8.17. The number of halogens is 1. The summed E-state index contributed by atoms with van der Waals surface area (Å²) in [5, 5.41) is 0.461. The van der Waals surface area contributed by atoms with Crippen LogP contribution >= 0.6 is 23.4 Å². The first kappa shape index (κ1) is 10.1. The van der Waals surface area contributed by atoms with E-state index in [4.69, 9.17) is 11.6 Å². The molecule has 1 nitrogen and oxygen atoms in total. The molecule has 0 aliphatic carbocycles. The van der Waals surface area contributed by atoms with E-state index in [1.807, 2.05) is 11.8 Å². The summed E-state index contributed by atoms with van der Waals surface area (Å²) in [7, 11) is 0. The average Bonchev–Trinajstić information content (AvgIpc) is 2.33. The van der Waals surface area contributed by atoms with E-state index in [0.717, 1.165) is 12.1 Å². The number of thioether (sulfide) groups is 1. The van der Waals surface area contributed by atoms with E-state index in [9.17, 15) is 0 Å². The van der Waals surface area contributed by atoms with Crippen molar-refractivity contribution in [3.8, 4) is 0 Å². The lowest BCUT2D eigenvalue weighted by Gasteiger charge is -2.36. The molecule has 2 saturated heterocycles. The van der Waals surface area contributed by atoms with Crippen molar-refractivity contribution < 1.29 is 0 Å². The Morgan fingerprint density at radius 1 is 1.31 bits per heavy atom. The second kappa shape index (κ2) is 4.41. The zero-order valence-corrected chi connectivity index (χ0v) is 9.78. The molecule has 0 saturated carbocycles. The Labute approximate surface area is 90.2 Å². The Kier molecular flexibility index (Phi) is 3.44. The van der Waals surface area contributed by atoms with Gasteiger partial charge >= 0.3 is 0 Å². The molecule has 0 spiro atoms. The van der Waals surface area contributed by atoms with Gasteiger partial charge in [0.25, 0.3) is 0 Å². The first-order valence-corrected chi connectivity index (χ1v) is 7.03. The second-order valence-corrected chi connectivity index (χ2v) is 5.79. The molecule has 0 aromatic carbocycles. The minimum absolute atomic E-state index is 0.461. The monoisotopic (exact) mass is 219 g/mol. The maximum atomic E-state index is 6.21. The summed E-state index contributed by atoms with van der Waals surface area (Å²) in [6.07, 6.45) is 7.43. The van der Waals surface area contributed by atoms with Crippen molar-refractivity contribution in [2.24, 2.45) is 0 Å². The van der Waals surface area contributed by atoms with Crippen LogP contribution in [0.5, 0.6) is 0 Å². The molecule has 0 aromatic rings. The summed E-state index contributed by atoms with van der Waals surface area (Å²) in [5.41, 5.74) is 0. The molecule has 0 N–H and O–H groups in total. The van der Waals surface area contributed by atoms with Gasteiger partial charge in [-0.2, -0.15) is 11.8 Å². The van der Waals surface area contributed by atoms with Crippen molar-refractivity contribution in [3.63, 3.8) is 0 Å². The quantitative estimate of drug-likeness (QED) is 0.672. The fourth-order valence-corrected chi connectivity index (χ4v) is 3.57. The van der Waals surface area contributed by atoms with E-state index in [-0.39, 0.29) is 0 Å². The Morgan fingerprint density at radius 2 is 1.92 bits per heavy atom. The van der Waals surface area contributed by atoms with Crippen LogP contribution in [0.4, 0.5) is 0 Å². The minimum Gasteiger partial charge on any atom is -0.297 e. The van der Waals surface area contributed by atoms with Gasteiger partial charge in [0.05, 0.1) is 0 Å². The molecule has 2 aliphatic rings. The Bertz CT molecular complexity index is 162. The van der Waals surface area contributed by atoms with Gasteiger partial charge in [-0.1, -0.05) is 0 Å². The van der Waals surface area contributed by atoms with Crippen molar-refractivity contribution in [1.82, 2.24) is 4.90 Å². The van der Waals surface area contributed by atoms with Crippen LogP contribution in [0.2, 0.25) is 0 Å². The molecule has 2 bridgehead atoms. The molecule has 0 radical (unpaired) electrons. The lowest BCUT2D eigenvalue weighted by atomic mass is 10.0. The molecule has 2 aliphatic heterocycles. The third-order valence-electron chi connectivity index (χ3n) is 3.38. The van der Waals surface area contributed by atoms with Gasteiger partial charge in [0, 0.05) is 29.8 Å². The maximum Gasteiger partial charge on any atom is 0.0365 e. The molecule has 2 fully saturated rings. The number of nitrogens with zero attached hydrogens (tertiary/aromatic N) is 1.